The number of anilines is 1. The van der Waals surface area contributed by atoms with Gasteiger partial charge in [-0.25, -0.2) is 0 Å². The van der Waals surface area contributed by atoms with Crippen LogP contribution in [-0.4, -0.2) is 5.11 Å². The highest BCUT2D eigenvalue weighted by atomic mass is 16.3. The Hall–Kier alpha value is -1.18. The van der Waals surface area contributed by atoms with Crippen molar-refractivity contribution in [1.82, 2.24) is 0 Å². The van der Waals surface area contributed by atoms with Crippen molar-refractivity contribution in [3.8, 4) is 5.75 Å². The number of benzene rings is 1. The van der Waals surface area contributed by atoms with Gasteiger partial charge in [0.25, 0.3) is 0 Å². The first-order valence-electron chi connectivity index (χ1n) is 6.13. The molecule has 0 aliphatic heterocycles. The van der Waals surface area contributed by atoms with Crippen molar-refractivity contribution < 1.29 is 5.11 Å². The highest BCUT2D eigenvalue weighted by Gasteiger charge is 2.16. The number of phenolic OH excluding ortho intramolecular Hbond substituents is 1. The molecule has 0 radical (unpaired) electrons. The largest absolute Gasteiger partial charge is 0.507 e. The van der Waals surface area contributed by atoms with E-state index in [1.165, 1.54) is 0 Å². The topological polar surface area (TPSA) is 46.2 Å². The molecule has 2 unspecified atom stereocenters. The Bertz CT molecular complexity index is 329. The van der Waals surface area contributed by atoms with Crippen molar-refractivity contribution in [2.45, 2.75) is 52.4 Å². The van der Waals surface area contributed by atoms with Gasteiger partial charge in [0.15, 0.2) is 0 Å². The van der Waals surface area contributed by atoms with Crippen LogP contribution in [0.25, 0.3) is 0 Å². The number of aromatic hydroxyl groups is 1. The molecule has 90 valence electrons. The van der Waals surface area contributed by atoms with Crippen molar-refractivity contribution in [2.24, 2.45) is 0 Å². The Balaban J connectivity index is 3.25. The van der Waals surface area contributed by atoms with Crippen molar-refractivity contribution in [3.05, 3.63) is 23.3 Å². The normalized spacial score (nSPS) is 14.8. The first-order chi connectivity index (χ1) is 7.51. The molecule has 0 aliphatic rings. The van der Waals surface area contributed by atoms with Gasteiger partial charge in [0.2, 0.25) is 0 Å². The van der Waals surface area contributed by atoms with E-state index in [2.05, 4.69) is 27.7 Å². The molecule has 0 aromatic heterocycles. The van der Waals surface area contributed by atoms with Gasteiger partial charge in [0, 0.05) is 5.69 Å². The minimum atomic E-state index is 0.353. The fourth-order valence-electron chi connectivity index (χ4n) is 1.90. The number of rotatable bonds is 4. The minimum Gasteiger partial charge on any atom is -0.507 e. The molecular formula is C14H23NO. The molecular weight excluding hydrogens is 198 g/mol. The molecule has 1 rings (SSSR count). The van der Waals surface area contributed by atoms with Gasteiger partial charge in [-0.3, -0.25) is 0 Å². The lowest BCUT2D eigenvalue weighted by atomic mass is 9.89. The Morgan fingerprint density at radius 2 is 1.44 bits per heavy atom. The van der Waals surface area contributed by atoms with E-state index in [1.807, 2.05) is 12.1 Å². The van der Waals surface area contributed by atoms with Crippen LogP contribution >= 0.6 is 0 Å². The zero-order chi connectivity index (χ0) is 12.3. The maximum atomic E-state index is 10.3. The quantitative estimate of drug-likeness (QED) is 0.596. The van der Waals surface area contributed by atoms with Crippen LogP contribution in [0.1, 0.15) is 63.5 Å². The van der Waals surface area contributed by atoms with Gasteiger partial charge in [-0.2, -0.15) is 0 Å². The van der Waals surface area contributed by atoms with E-state index in [9.17, 15) is 5.11 Å². The third-order valence-corrected chi connectivity index (χ3v) is 3.48. The maximum absolute atomic E-state index is 10.3. The number of phenols is 1. The highest BCUT2D eigenvalue weighted by Crippen LogP contribution is 2.37. The first kappa shape index (κ1) is 12.9. The number of hydrogen-bond donors (Lipinski definition) is 2. The van der Waals surface area contributed by atoms with Gasteiger partial charge in [-0.1, -0.05) is 27.7 Å². The van der Waals surface area contributed by atoms with Crippen LogP contribution in [0.4, 0.5) is 5.69 Å². The molecule has 3 N–H and O–H groups in total. The summed E-state index contributed by atoms with van der Waals surface area (Å²) < 4.78 is 0. The van der Waals surface area contributed by atoms with Gasteiger partial charge < -0.3 is 10.8 Å². The van der Waals surface area contributed by atoms with E-state index in [-0.39, 0.29) is 0 Å². The molecule has 1 aromatic rings. The van der Waals surface area contributed by atoms with Crippen LogP contribution in [0.15, 0.2) is 12.1 Å². The highest BCUT2D eigenvalue weighted by molar-refractivity contribution is 5.54. The lowest BCUT2D eigenvalue weighted by Gasteiger charge is -2.18. The maximum Gasteiger partial charge on any atom is 0.122 e. The van der Waals surface area contributed by atoms with Gasteiger partial charge in [-0.05, 0) is 47.9 Å². The van der Waals surface area contributed by atoms with E-state index >= 15 is 0 Å². The third-order valence-electron chi connectivity index (χ3n) is 3.48. The van der Waals surface area contributed by atoms with E-state index in [0.29, 0.717) is 17.6 Å². The molecule has 0 saturated heterocycles. The van der Waals surface area contributed by atoms with Crippen LogP contribution < -0.4 is 5.73 Å². The average Bonchev–Trinajstić information content (AvgIpc) is 2.29. The molecule has 16 heavy (non-hydrogen) atoms. The summed E-state index contributed by atoms with van der Waals surface area (Å²) in [6, 6.07) is 3.80. The molecule has 0 bridgehead atoms. The molecule has 0 amide bonds. The van der Waals surface area contributed by atoms with Gasteiger partial charge in [0.05, 0.1) is 0 Å². The summed E-state index contributed by atoms with van der Waals surface area (Å²) >= 11 is 0. The summed E-state index contributed by atoms with van der Waals surface area (Å²) in [6.45, 7) is 8.48. The molecule has 2 heteroatoms. The van der Waals surface area contributed by atoms with Gasteiger partial charge in [-0.15, -0.1) is 0 Å². The number of hydrogen-bond acceptors (Lipinski definition) is 2. The molecule has 0 fully saturated rings. The second-order valence-electron chi connectivity index (χ2n) is 4.67. The molecule has 0 spiro atoms. The Kier molecular flexibility index (Phi) is 4.22. The second-order valence-corrected chi connectivity index (χ2v) is 4.67. The SMILES string of the molecule is CCC(C)c1cc(N)cc(C(C)CC)c1O. The van der Waals surface area contributed by atoms with Crippen molar-refractivity contribution in [2.75, 3.05) is 5.73 Å². The number of nitrogens with two attached hydrogens (primary N) is 1. The van der Waals surface area contributed by atoms with E-state index in [4.69, 9.17) is 5.73 Å². The van der Waals surface area contributed by atoms with Crippen LogP contribution in [0.2, 0.25) is 0 Å². The number of nitrogen functional groups attached to an aromatic ring is 1. The molecule has 2 atom stereocenters. The Morgan fingerprint density at radius 3 is 1.75 bits per heavy atom. The molecule has 0 aliphatic carbocycles. The summed E-state index contributed by atoms with van der Waals surface area (Å²) in [4.78, 5) is 0. The summed E-state index contributed by atoms with van der Waals surface area (Å²) in [6.07, 6.45) is 2.02. The minimum absolute atomic E-state index is 0.353. The Morgan fingerprint density at radius 1 is 1.06 bits per heavy atom. The van der Waals surface area contributed by atoms with Crippen LogP contribution in [0, 0.1) is 0 Å². The zero-order valence-corrected chi connectivity index (χ0v) is 10.7. The molecule has 0 heterocycles. The first-order valence-corrected chi connectivity index (χ1v) is 6.13. The van der Waals surface area contributed by atoms with Crippen LogP contribution in [0.3, 0.4) is 0 Å². The van der Waals surface area contributed by atoms with Crippen LogP contribution in [-0.2, 0) is 0 Å². The molecule has 0 saturated carbocycles. The van der Waals surface area contributed by atoms with Crippen molar-refractivity contribution >= 4 is 5.69 Å². The fraction of sp³-hybridized carbons (Fsp3) is 0.571. The third kappa shape index (κ3) is 2.49. The monoisotopic (exact) mass is 221 g/mol. The lowest BCUT2D eigenvalue weighted by molar-refractivity contribution is 0.449. The lowest BCUT2D eigenvalue weighted by Crippen LogP contribution is -2.01. The van der Waals surface area contributed by atoms with Gasteiger partial charge in [0.1, 0.15) is 5.75 Å². The second kappa shape index (κ2) is 5.24. The average molecular weight is 221 g/mol. The zero-order valence-electron chi connectivity index (χ0n) is 10.7. The van der Waals surface area contributed by atoms with E-state index in [0.717, 1.165) is 29.7 Å². The van der Waals surface area contributed by atoms with E-state index in [1.54, 1.807) is 0 Å². The summed E-state index contributed by atoms with van der Waals surface area (Å²) in [5.41, 5.74) is 8.62. The fourth-order valence-corrected chi connectivity index (χ4v) is 1.90. The molecule has 2 nitrogen and oxygen atoms in total. The van der Waals surface area contributed by atoms with Crippen LogP contribution in [0.5, 0.6) is 5.75 Å². The standard InChI is InChI=1S/C14H23NO/c1-5-9(3)12-7-11(15)8-13(14(12)16)10(4)6-2/h7-10,16H,5-6,15H2,1-4H3. The summed E-state index contributed by atoms with van der Waals surface area (Å²) in [5.74, 6) is 1.15. The van der Waals surface area contributed by atoms with Gasteiger partial charge >= 0.3 is 0 Å². The van der Waals surface area contributed by atoms with Crippen molar-refractivity contribution in [3.63, 3.8) is 0 Å². The summed E-state index contributed by atoms with van der Waals surface area (Å²) in [5, 5.41) is 10.3. The van der Waals surface area contributed by atoms with Crippen molar-refractivity contribution in [1.29, 1.82) is 0 Å². The van der Waals surface area contributed by atoms with E-state index < -0.39 is 0 Å². The smallest absolute Gasteiger partial charge is 0.122 e. The Labute approximate surface area is 98.5 Å². The molecule has 1 aromatic carbocycles. The predicted molar refractivity (Wildman–Crippen MR) is 69.9 cm³/mol. The summed E-state index contributed by atoms with van der Waals surface area (Å²) in [7, 11) is 0. The predicted octanol–water partition coefficient (Wildman–Crippen LogP) is 4.00.